The highest BCUT2D eigenvalue weighted by Crippen LogP contribution is 2.24. The van der Waals surface area contributed by atoms with Gasteiger partial charge in [0.05, 0.1) is 17.7 Å². The molecule has 0 aliphatic carbocycles. The van der Waals surface area contributed by atoms with Crippen LogP contribution < -0.4 is 4.90 Å². The number of halogens is 1. The summed E-state index contributed by atoms with van der Waals surface area (Å²) in [7, 11) is 0. The smallest absolute Gasteiger partial charge is 0.225 e. The third-order valence-electron chi connectivity index (χ3n) is 4.33. The Morgan fingerprint density at radius 2 is 1.82 bits per heavy atom. The first-order valence-corrected chi connectivity index (χ1v) is 8.59. The molecule has 120 valence electrons. The maximum Gasteiger partial charge on any atom is 0.225 e. The molecule has 1 aromatic heterocycles. The van der Waals surface area contributed by atoms with E-state index in [9.17, 15) is 4.79 Å². The Bertz CT molecular complexity index is 497. The van der Waals surface area contributed by atoms with E-state index < -0.39 is 0 Å². The molecule has 0 bridgehead atoms. The molecule has 2 saturated heterocycles. The Kier molecular flexibility index (Phi) is 5.25. The number of hydrogen-bond acceptors (Lipinski definition) is 5. The number of piperidine rings is 1. The van der Waals surface area contributed by atoms with Crippen molar-refractivity contribution in [1.82, 2.24) is 14.9 Å². The van der Waals surface area contributed by atoms with Crippen molar-refractivity contribution in [3.63, 3.8) is 0 Å². The fourth-order valence-corrected chi connectivity index (χ4v) is 3.20. The van der Waals surface area contributed by atoms with Crippen LogP contribution >= 0.6 is 15.9 Å². The molecule has 1 amide bonds. The van der Waals surface area contributed by atoms with Gasteiger partial charge >= 0.3 is 0 Å². The fourth-order valence-electron chi connectivity index (χ4n) is 2.99. The molecule has 2 aliphatic heterocycles. The number of anilines is 1. The Labute approximate surface area is 139 Å². The van der Waals surface area contributed by atoms with E-state index in [1.165, 1.54) is 0 Å². The van der Waals surface area contributed by atoms with E-state index in [4.69, 9.17) is 4.74 Å². The normalized spacial score (nSPS) is 20.2. The van der Waals surface area contributed by atoms with Crippen molar-refractivity contribution in [3.8, 4) is 0 Å². The third kappa shape index (κ3) is 3.95. The van der Waals surface area contributed by atoms with Gasteiger partial charge in [0.15, 0.2) is 0 Å². The second-order valence-corrected chi connectivity index (χ2v) is 6.74. The number of morpholine rings is 1. The third-order valence-corrected chi connectivity index (χ3v) is 4.74. The molecule has 6 nitrogen and oxygen atoms in total. The van der Waals surface area contributed by atoms with Gasteiger partial charge in [-0.2, -0.15) is 0 Å². The first-order valence-electron chi connectivity index (χ1n) is 7.80. The minimum absolute atomic E-state index is 0.279. The van der Waals surface area contributed by atoms with Gasteiger partial charge in [-0.15, -0.1) is 0 Å². The second-order valence-electron chi connectivity index (χ2n) is 5.83. The molecular formula is C15H21BrN4O2. The molecule has 2 aliphatic rings. The van der Waals surface area contributed by atoms with Gasteiger partial charge in [0.1, 0.15) is 0 Å². The van der Waals surface area contributed by atoms with Crippen molar-refractivity contribution in [2.45, 2.75) is 19.3 Å². The zero-order valence-electron chi connectivity index (χ0n) is 12.6. The van der Waals surface area contributed by atoms with Crippen LogP contribution in [0.1, 0.15) is 19.3 Å². The SMILES string of the molecule is O=C(CC1CCN(c2ncc(Br)cn2)CC1)N1CCOCC1. The number of nitrogens with zero attached hydrogens (tertiary/aromatic N) is 4. The van der Waals surface area contributed by atoms with Gasteiger partial charge < -0.3 is 14.5 Å². The predicted molar refractivity (Wildman–Crippen MR) is 86.7 cm³/mol. The molecule has 0 saturated carbocycles. The Balaban J connectivity index is 1.47. The topological polar surface area (TPSA) is 58.6 Å². The van der Waals surface area contributed by atoms with Crippen molar-refractivity contribution in [1.29, 1.82) is 0 Å². The summed E-state index contributed by atoms with van der Waals surface area (Å²) in [5, 5.41) is 0. The van der Waals surface area contributed by atoms with E-state index in [1.54, 1.807) is 12.4 Å². The van der Waals surface area contributed by atoms with Crippen LogP contribution in [-0.4, -0.2) is 60.2 Å². The van der Waals surface area contributed by atoms with Crippen LogP contribution in [0.4, 0.5) is 5.95 Å². The van der Waals surface area contributed by atoms with Gasteiger partial charge in [0, 0.05) is 45.0 Å². The molecule has 0 aromatic carbocycles. The Hall–Kier alpha value is -1.21. The number of hydrogen-bond donors (Lipinski definition) is 0. The highest BCUT2D eigenvalue weighted by atomic mass is 79.9. The summed E-state index contributed by atoms with van der Waals surface area (Å²) in [6.07, 6.45) is 6.26. The summed E-state index contributed by atoms with van der Waals surface area (Å²) >= 11 is 3.35. The Morgan fingerprint density at radius 1 is 1.18 bits per heavy atom. The van der Waals surface area contributed by atoms with Gasteiger partial charge in [0.25, 0.3) is 0 Å². The molecule has 0 N–H and O–H groups in total. The van der Waals surface area contributed by atoms with E-state index in [1.807, 2.05) is 4.90 Å². The van der Waals surface area contributed by atoms with E-state index >= 15 is 0 Å². The molecule has 7 heteroatoms. The molecular weight excluding hydrogens is 348 g/mol. The van der Waals surface area contributed by atoms with Gasteiger partial charge in [-0.25, -0.2) is 9.97 Å². The summed E-state index contributed by atoms with van der Waals surface area (Å²) in [5.41, 5.74) is 0. The van der Waals surface area contributed by atoms with E-state index in [0.717, 1.165) is 49.4 Å². The van der Waals surface area contributed by atoms with E-state index in [-0.39, 0.29) is 5.91 Å². The molecule has 22 heavy (non-hydrogen) atoms. The van der Waals surface area contributed by atoms with Gasteiger partial charge in [-0.1, -0.05) is 0 Å². The second kappa shape index (κ2) is 7.37. The average molecular weight is 369 g/mol. The maximum absolute atomic E-state index is 12.3. The van der Waals surface area contributed by atoms with Crippen LogP contribution in [0.5, 0.6) is 0 Å². The first kappa shape index (κ1) is 15.7. The van der Waals surface area contributed by atoms with Crippen LogP contribution in [0, 0.1) is 5.92 Å². The summed E-state index contributed by atoms with van der Waals surface area (Å²) in [6.45, 7) is 4.66. The van der Waals surface area contributed by atoms with Gasteiger partial charge in [-0.05, 0) is 34.7 Å². The quantitative estimate of drug-likeness (QED) is 0.812. The maximum atomic E-state index is 12.3. The molecule has 0 unspecified atom stereocenters. The molecule has 0 radical (unpaired) electrons. The molecule has 1 aromatic rings. The van der Waals surface area contributed by atoms with Gasteiger partial charge in [0.2, 0.25) is 11.9 Å². The van der Waals surface area contributed by atoms with Crippen molar-refractivity contribution >= 4 is 27.8 Å². The number of ether oxygens (including phenoxy) is 1. The van der Waals surface area contributed by atoms with Gasteiger partial charge in [-0.3, -0.25) is 4.79 Å². The monoisotopic (exact) mass is 368 g/mol. The fraction of sp³-hybridized carbons (Fsp3) is 0.667. The largest absolute Gasteiger partial charge is 0.378 e. The van der Waals surface area contributed by atoms with Crippen LogP contribution in [-0.2, 0) is 9.53 Å². The van der Waals surface area contributed by atoms with Crippen LogP contribution in [0.15, 0.2) is 16.9 Å². The lowest BCUT2D eigenvalue weighted by Crippen LogP contribution is -2.42. The number of amides is 1. The lowest BCUT2D eigenvalue weighted by molar-refractivity contribution is -0.136. The minimum Gasteiger partial charge on any atom is -0.378 e. The number of rotatable bonds is 3. The van der Waals surface area contributed by atoms with Crippen molar-refractivity contribution in [2.75, 3.05) is 44.3 Å². The van der Waals surface area contributed by atoms with E-state index in [2.05, 4.69) is 30.8 Å². The Morgan fingerprint density at radius 3 is 2.45 bits per heavy atom. The van der Waals surface area contributed by atoms with Crippen molar-refractivity contribution in [2.24, 2.45) is 5.92 Å². The zero-order chi connectivity index (χ0) is 15.4. The molecule has 0 atom stereocenters. The lowest BCUT2D eigenvalue weighted by atomic mass is 9.93. The minimum atomic E-state index is 0.279. The summed E-state index contributed by atoms with van der Waals surface area (Å²) < 4.78 is 6.18. The van der Waals surface area contributed by atoms with Crippen LogP contribution in [0.2, 0.25) is 0 Å². The average Bonchev–Trinajstić information content (AvgIpc) is 2.57. The summed E-state index contributed by atoms with van der Waals surface area (Å²) in [6, 6.07) is 0. The molecule has 2 fully saturated rings. The zero-order valence-corrected chi connectivity index (χ0v) is 14.2. The van der Waals surface area contributed by atoms with Crippen molar-refractivity contribution in [3.05, 3.63) is 16.9 Å². The molecule has 3 rings (SSSR count). The van der Waals surface area contributed by atoms with Crippen molar-refractivity contribution < 1.29 is 9.53 Å². The standard InChI is InChI=1S/C15H21BrN4O2/c16-13-10-17-15(18-11-13)20-3-1-12(2-4-20)9-14(21)19-5-7-22-8-6-19/h10-12H,1-9H2. The molecule has 3 heterocycles. The predicted octanol–water partition coefficient (Wildman–Crippen LogP) is 1.70. The lowest BCUT2D eigenvalue weighted by Gasteiger charge is -2.33. The first-order chi connectivity index (χ1) is 10.7. The summed E-state index contributed by atoms with van der Waals surface area (Å²) in [5.74, 6) is 1.53. The highest BCUT2D eigenvalue weighted by Gasteiger charge is 2.25. The van der Waals surface area contributed by atoms with E-state index in [0.29, 0.717) is 25.6 Å². The molecule has 0 spiro atoms. The number of carbonyl (C=O) groups is 1. The number of carbonyl (C=O) groups excluding carboxylic acids is 1. The number of aromatic nitrogens is 2. The van der Waals surface area contributed by atoms with Crippen LogP contribution in [0.3, 0.4) is 0 Å². The highest BCUT2D eigenvalue weighted by molar-refractivity contribution is 9.10. The van der Waals surface area contributed by atoms with Crippen LogP contribution in [0.25, 0.3) is 0 Å². The summed E-state index contributed by atoms with van der Waals surface area (Å²) in [4.78, 5) is 25.1.